The van der Waals surface area contributed by atoms with E-state index in [2.05, 4.69) is 5.32 Å². The first kappa shape index (κ1) is 15.5. The van der Waals surface area contributed by atoms with Crippen LogP contribution in [0.3, 0.4) is 0 Å². The Balaban J connectivity index is 1.67. The first-order chi connectivity index (χ1) is 10.6. The number of nitrogens with one attached hydrogen (secondary N) is 1. The molecule has 120 valence electrons. The van der Waals surface area contributed by atoms with E-state index in [1.165, 1.54) is 6.42 Å². The molecule has 2 aliphatic carbocycles. The summed E-state index contributed by atoms with van der Waals surface area (Å²) < 4.78 is 18.9. The summed E-state index contributed by atoms with van der Waals surface area (Å²) >= 11 is 0. The van der Waals surface area contributed by atoms with E-state index in [0.717, 1.165) is 18.4 Å². The third-order valence-electron chi connectivity index (χ3n) is 5.25. The molecule has 0 heterocycles. The van der Waals surface area contributed by atoms with E-state index in [4.69, 9.17) is 4.74 Å². The minimum atomic E-state index is -0.172. The number of esters is 1. The van der Waals surface area contributed by atoms with Crippen LogP contribution in [0.15, 0.2) is 18.2 Å². The van der Waals surface area contributed by atoms with Crippen molar-refractivity contribution in [2.24, 2.45) is 17.8 Å². The van der Waals surface area contributed by atoms with Gasteiger partial charge in [-0.2, -0.15) is 0 Å². The van der Waals surface area contributed by atoms with Crippen LogP contribution < -0.4 is 5.32 Å². The molecule has 1 aromatic carbocycles. The number of hydrogen-bond acceptors (Lipinski definition) is 3. The Morgan fingerprint density at radius 3 is 2.86 bits per heavy atom. The van der Waals surface area contributed by atoms with Gasteiger partial charge in [0.15, 0.2) is 0 Å². The predicted molar refractivity (Wildman–Crippen MR) is 82.7 cm³/mol. The van der Waals surface area contributed by atoms with Crippen molar-refractivity contribution < 1.29 is 13.9 Å². The molecule has 0 spiro atoms. The summed E-state index contributed by atoms with van der Waals surface area (Å²) in [5.41, 5.74) is 1.58. The number of hydrogen-bond donors (Lipinski definition) is 1. The van der Waals surface area contributed by atoms with Gasteiger partial charge in [-0.25, -0.2) is 4.39 Å². The van der Waals surface area contributed by atoms with E-state index in [9.17, 15) is 9.18 Å². The summed E-state index contributed by atoms with van der Waals surface area (Å²) in [5, 5.41) is 3.50. The molecule has 2 bridgehead atoms. The predicted octanol–water partition coefficient (Wildman–Crippen LogP) is 3.20. The Morgan fingerprint density at radius 2 is 2.14 bits per heavy atom. The summed E-state index contributed by atoms with van der Waals surface area (Å²) in [6.07, 6.45) is 3.43. The zero-order valence-electron chi connectivity index (χ0n) is 13.3. The lowest BCUT2D eigenvalue weighted by Crippen LogP contribution is -2.44. The van der Waals surface area contributed by atoms with E-state index in [1.807, 2.05) is 13.0 Å². The summed E-state index contributed by atoms with van der Waals surface area (Å²) in [6, 6.07) is 5.49. The summed E-state index contributed by atoms with van der Waals surface area (Å²) in [7, 11) is 0. The van der Waals surface area contributed by atoms with Crippen LogP contribution in [0.1, 0.15) is 37.3 Å². The molecule has 0 radical (unpaired) electrons. The van der Waals surface area contributed by atoms with Crippen LogP contribution in [0.2, 0.25) is 0 Å². The SMILES string of the molecule is CCOC(=O)C1C(NCc2ccc(C)c(F)c2)[C@@H]2CC[C@H]1C2. The van der Waals surface area contributed by atoms with Crippen molar-refractivity contribution in [2.45, 2.75) is 45.7 Å². The van der Waals surface area contributed by atoms with Gasteiger partial charge in [0.05, 0.1) is 12.5 Å². The molecular formula is C18H24FNO2. The highest BCUT2D eigenvalue weighted by atomic mass is 19.1. The van der Waals surface area contributed by atoms with E-state index in [1.54, 1.807) is 19.1 Å². The topological polar surface area (TPSA) is 38.3 Å². The van der Waals surface area contributed by atoms with E-state index < -0.39 is 0 Å². The minimum Gasteiger partial charge on any atom is -0.466 e. The zero-order valence-corrected chi connectivity index (χ0v) is 13.3. The highest BCUT2D eigenvalue weighted by Crippen LogP contribution is 2.49. The standard InChI is InChI=1S/C18H24FNO2/c1-3-22-18(21)16-13-6-7-14(9-13)17(16)20-10-12-5-4-11(2)15(19)8-12/h4-5,8,13-14,16-17,20H,3,6-7,9-10H2,1-2H3/t13-,14+,16?,17?/m0/s1. The van der Waals surface area contributed by atoms with Crippen molar-refractivity contribution in [3.05, 3.63) is 35.1 Å². The second kappa shape index (κ2) is 6.37. The monoisotopic (exact) mass is 305 g/mol. The molecule has 4 heteroatoms. The van der Waals surface area contributed by atoms with Crippen LogP contribution in [-0.2, 0) is 16.1 Å². The molecular weight excluding hydrogens is 281 g/mol. The number of fused-ring (bicyclic) bond motifs is 2. The maximum Gasteiger partial charge on any atom is 0.310 e. The van der Waals surface area contributed by atoms with Crippen molar-refractivity contribution in [3.8, 4) is 0 Å². The Labute approximate surface area is 131 Å². The first-order valence-corrected chi connectivity index (χ1v) is 8.25. The molecule has 2 unspecified atom stereocenters. The van der Waals surface area contributed by atoms with Crippen LogP contribution in [0.5, 0.6) is 0 Å². The Bertz CT molecular complexity index is 560. The van der Waals surface area contributed by atoms with Crippen LogP contribution in [0.25, 0.3) is 0 Å². The normalized spacial score (nSPS) is 29.8. The van der Waals surface area contributed by atoms with Gasteiger partial charge in [0.1, 0.15) is 5.82 Å². The average molecular weight is 305 g/mol. The van der Waals surface area contributed by atoms with Gasteiger partial charge in [-0.15, -0.1) is 0 Å². The van der Waals surface area contributed by atoms with Crippen LogP contribution in [0, 0.1) is 30.5 Å². The smallest absolute Gasteiger partial charge is 0.310 e. The van der Waals surface area contributed by atoms with Gasteiger partial charge < -0.3 is 10.1 Å². The fourth-order valence-corrected chi connectivity index (χ4v) is 4.14. The van der Waals surface area contributed by atoms with Gasteiger partial charge in [-0.05, 0) is 62.1 Å². The fraction of sp³-hybridized carbons (Fsp3) is 0.611. The Hall–Kier alpha value is -1.42. The van der Waals surface area contributed by atoms with Gasteiger partial charge in [0.25, 0.3) is 0 Å². The summed E-state index contributed by atoms with van der Waals surface area (Å²) in [6.45, 7) is 4.64. The largest absolute Gasteiger partial charge is 0.466 e. The number of benzene rings is 1. The molecule has 2 saturated carbocycles. The fourth-order valence-electron chi connectivity index (χ4n) is 4.14. The molecule has 22 heavy (non-hydrogen) atoms. The van der Waals surface area contributed by atoms with Gasteiger partial charge in [0.2, 0.25) is 0 Å². The van der Waals surface area contributed by atoms with Crippen molar-refractivity contribution >= 4 is 5.97 Å². The van der Waals surface area contributed by atoms with Gasteiger partial charge in [-0.1, -0.05) is 12.1 Å². The minimum absolute atomic E-state index is 0.0333. The van der Waals surface area contributed by atoms with Crippen LogP contribution in [-0.4, -0.2) is 18.6 Å². The molecule has 2 fully saturated rings. The van der Waals surface area contributed by atoms with E-state index >= 15 is 0 Å². The average Bonchev–Trinajstić information content (AvgIpc) is 3.09. The molecule has 0 aromatic heterocycles. The quantitative estimate of drug-likeness (QED) is 0.849. The zero-order chi connectivity index (χ0) is 15.7. The lowest BCUT2D eigenvalue weighted by Gasteiger charge is -2.30. The van der Waals surface area contributed by atoms with Crippen molar-refractivity contribution in [3.63, 3.8) is 0 Å². The van der Waals surface area contributed by atoms with Crippen molar-refractivity contribution in [2.75, 3.05) is 6.61 Å². The molecule has 0 amide bonds. The maximum absolute atomic E-state index is 13.6. The molecule has 4 atom stereocenters. The second-order valence-electron chi connectivity index (χ2n) is 6.60. The Morgan fingerprint density at radius 1 is 1.36 bits per heavy atom. The number of rotatable bonds is 5. The summed E-state index contributed by atoms with van der Waals surface area (Å²) in [4.78, 5) is 12.2. The molecule has 3 rings (SSSR count). The number of halogens is 1. The molecule has 2 aliphatic rings. The first-order valence-electron chi connectivity index (χ1n) is 8.25. The number of carbonyl (C=O) groups excluding carboxylic acids is 1. The summed E-state index contributed by atoms with van der Waals surface area (Å²) in [5.74, 6) is 0.733. The lowest BCUT2D eigenvalue weighted by molar-refractivity contribution is -0.150. The third kappa shape index (κ3) is 2.89. The van der Waals surface area contributed by atoms with Crippen LogP contribution in [0.4, 0.5) is 4.39 Å². The number of aryl methyl sites for hydroxylation is 1. The van der Waals surface area contributed by atoms with Gasteiger partial charge in [-0.3, -0.25) is 4.79 Å². The molecule has 0 aliphatic heterocycles. The lowest BCUT2D eigenvalue weighted by atomic mass is 9.84. The molecule has 0 saturated heterocycles. The molecule has 3 nitrogen and oxygen atoms in total. The number of carbonyl (C=O) groups is 1. The van der Waals surface area contributed by atoms with E-state index in [-0.39, 0.29) is 23.7 Å². The van der Waals surface area contributed by atoms with Crippen LogP contribution >= 0.6 is 0 Å². The Kier molecular flexibility index (Phi) is 4.48. The molecule has 1 aromatic rings. The van der Waals surface area contributed by atoms with Crippen molar-refractivity contribution in [1.82, 2.24) is 5.32 Å². The highest BCUT2D eigenvalue weighted by molar-refractivity contribution is 5.74. The second-order valence-corrected chi connectivity index (χ2v) is 6.60. The highest BCUT2D eigenvalue weighted by Gasteiger charge is 2.51. The van der Waals surface area contributed by atoms with Gasteiger partial charge >= 0.3 is 5.97 Å². The third-order valence-corrected chi connectivity index (χ3v) is 5.25. The maximum atomic E-state index is 13.6. The van der Waals surface area contributed by atoms with Crippen molar-refractivity contribution in [1.29, 1.82) is 0 Å². The van der Waals surface area contributed by atoms with E-state index in [0.29, 0.717) is 30.6 Å². The molecule has 1 N–H and O–H groups in total. The van der Waals surface area contributed by atoms with Gasteiger partial charge in [0, 0.05) is 12.6 Å². The number of ether oxygens (including phenoxy) is 1.